The van der Waals surface area contributed by atoms with Gasteiger partial charge >= 0.3 is 24.2 Å². The van der Waals surface area contributed by atoms with E-state index in [-0.39, 0.29) is 24.7 Å². The standard InChI is InChI=1S/C40H69N3O8S/c1-6-8-10-12-14-16-18-23-27-41-37(45)49-30-34(50-38(46)42-28-24-19-17-15-13-11-9-7-2)31-52-32-35(36(44)51-40(3,4)5)43-39(47)48-29-33-25-21-20-22-26-33/h20-22,25-26,34-35H,6-19,23-24,27-32H2,1-5H3,(H,41,45)(H,42,46)(H,43,47)/t34-,35?/m1/s1. The molecule has 1 rings (SSSR count). The molecule has 298 valence electrons. The molecule has 3 amide bonds. The Morgan fingerprint density at radius 3 is 1.71 bits per heavy atom. The summed E-state index contributed by atoms with van der Waals surface area (Å²) in [7, 11) is 0. The third kappa shape index (κ3) is 27.5. The minimum Gasteiger partial charge on any atom is -0.458 e. The SMILES string of the molecule is CCCCCCCCCCNC(=O)OC[C@H](CSCC(NC(=O)OCc1ccccc1)C(=O)OC(C)(C)C)OC(=O)NCCCCCCCCCC. The molecule has 0 spiro atoms. The summed E-state index contributed by atoms with van der Waals surface area (Å²) >= 11 is 1.26. The summed E-state index contributed by atoms with van der Waals surface area (Å²) in [5, 5.41) is 8.20. The topological polar surface area (TPSA) is 141 Å². The van der Waals surface area contributed by atoms with Crippen LogP contribution in [0.5, 0.6) is 0 Å². The third-order valence-corrected chi connectivity index (χ3v) is 9.23. The molecule has 11 nitrogen and oxygen atoms in total. The van der Waals surface area contributed by atoms with E-state index < -0.39 is 42.0 Å². The van der Waals surface area contributed by atoms with Gasteiger partial charge in [-0.1, -0.05) is 134 Å². The number of benzene rings is 1. The number of hydrogen-bond acceptors (Lipinski definition) is 9. The Morgan fingerprint density at radius 2 is 1.17 bits per heavy atom. The van der Waals surface area contributed by atoms with Gasteiger partial charge < -0.3 is 34.9 Å². The van der Waals surface area contributed by atoms with E-state index in [2.05, 4.69) is 29.8 Å². The van der Waals surface area contributed by atoms with Crippen LogP contribution in [-0.4, -0.2) is 73.2 Å². The van der Waals surface area contributed by atoms with E-state index in [1.807, 2.05) is 30.3 Å². The van der Waals surface area contributed by atoms with Crippen LogP contribution in [0, 0.1) is 0 Å². The molecule has 52 heavy (non-hydrogen) atoms. The molecule has 0 saturated heterocycles. The maximum Gasteiger partial charge on any atom is 0.408 e. The van der Waals surface area contributed by atoms with E-state index in [1.54, 1.807) is 20.8 Å². The van der Waals surface area contributed by atoms with Crippen molar-refractivity contribution in [1.29, 1.82) is 0 Å². The lowest BCUT2D eigenvalue weighted by Gasteiger charge is -2.25. The van der Waals surface area contributed by atoms with Crippen molar-refractivity contribution in [3.63, 3.8) is 0 Å². The first-order valence-electron chi connectivity index (χ1n) is 19.7. The molecule has 0 bridgehead atoms. The summed E-state index contributed by atoms with van der Waals surface area (Å²) in [4.78, 5) is 50.9. The molecule has 1 aromatic carbocycles. The molecular weight excluding hydrogens is 683 g/mol. The maximum absolute atomic E-state index is 13.0. The molecule has 1 aromatic rings. The first-order chi connectivity index (χ1) is 25.0. The maximum atomic E-state index is 13.0. The lowest BCUT2D eigenvalue weighted by atomic mass is 10.1. The fourth-order valence-corrected chi connectivity index (χ4v) is 6.21. The van der Waals surface area contributed by atoms with Crippen molar-refractivity contribution in [2.24, 2.45) is 0 Å². The van der Waals surface area contributed by atoms with Crippen molar-refractivity contribution in [3.8, 4) is 0 Å². The monoisotopic (exact) mass is 751 g/mol. The van der Waals surface area contributed by atoms with Gasteiger partial charge in [-0.15, -0.1) is 0 Å². The largest absolute Gasteiger partial charge is 0.458 e. The molecule has 0 aliphatic rings. The lowest BCUT2D eigenvalue weighted by molar-refractivity contribution is -0.156. The molecular formula is C40H69N3O8S. The minimum atomic E-state index is -1.03. The number of rotatable bonds is 29. The second-order valence-corrected chi connectivity index (χ2v) is 15.3. The number of hydrogen-bond donors (Lipinski definition) is 3. The van der Waals surface area contributed by atoms with Crippen molar-refractivity contribution in [3.05, 3.63) is 35.9 Å². The molecule has 1 unspecified atom stereocenters. The lowest BCUT2D eigenvalue weighted by Crippen LogP contribution is -2.46. The Labute approximate surface area is 318 Å². The summed E-state index contributed by atoms with van der Waals surface area (Å²) in [6.07, 6.45) is 15.8. The van der Waals surface area contributed by atoms with Gasteiger partial charge in [0.15, 0.2) is 0 Å². The number of esters is 1. The van der Waals surface area contributed by atoms with Gasteiger partial charge in [0.2, 0.25) is 0 Å². The van der Waals surface area contributed by atoms with Crippen LogP contribution in [0.4, 0.5) is 14.4 Å². The number of unbranched alkanes of at least 4 members (excludes halogenated alkanes) is 14. The Kier molecular flexibility index (Phi) is 27.3. The zero-order valence-electron chi connectivity index (χ0n) is 32.8. The highest BCUT2D eigenvalue weighted by Gasteiger charge is 2.28. The van der Waals surface area contributed by atoms with Crippen LogP contribution < -0.4 is 16.0 Å². The van der Waals surface area contributed by atoms with Gasteiger partial charge in [-0.3, -0.25) is 0 Å². The predicted octanol–water partition coefficient (Wildman–Crippen LogP) is 9.46. The van der Waals surface area contributed by atoms with Gasteiger partial charge in [-0.25, -0.2) is 19.2 Å². The first-order valence-corrected chi connectivity index (χ1v) is 20.8. The van der Waals surface area contributed by atoms with Crippen molar-refractivity contribution in [2.75, 3.05) is 31.2 Å². The van der Waals surface area contributed by atoms with Gasteiger partial charge in [0, 0.05) is 24.6 Å². The van der Waals surface area contributed by atoms with Crippen molar-refractivity contribution >= 4 is 36.0 Å². The van der Waals surface area contributed by atoms with Crippen molar-refractivity contribution in [1.82, 2.24) is 16.0 Å². The third-order valence-electron chi connectivity index (χ3n) is 8.06. The van der Waals surface area contributed by atoms with Crippen molar-refractivity contribution in [2.45, 2.75) is 162 Å². The number of carbonyl (C=O) groups is 4. The van der Waals surface area contributed by atoms with E-state index in [1.165, 1.54) is 76.0 Å². The molecule has 0 aromatic heterocycles. The molecule has 3 N–H and O–H groups in total. The van der Waals surface area contributed by atoms with Gasteiger partial charge in [-0.05, 0) is 39.2 Å². The van der Waals surface area contributed by atoms with Crippen LogP contribution in [0.2, 0.25) is 0 Å². The van der Waals surface area contributed by atoms with E-state index >= 15 is 0 Å². The Bertz CT molecular complexity index is 1090. The number of thioether (sulfide) groups is 1. The summed E-state index contributed by atoms with van der Waals surface area (Å²) in [5.41, 5.74) is 0.0351. The van der Waals surface area contributed by atoms with Gasteiger partial charge in [0.1, 0.15) is 31.0 Å². The van der Waals surface area contributed by atoms with E-state index in [0.29, 0.717) is 13.1 Å². The van der Waals surface area contributed by atoms with Gasteiger partial charge in [0.05, 0.1) is 0 Å². The Hall–Kier alpha value is -3.15. The Balaban J connectivity index is 2.68. The van der Waals surface area contributed by atoms with Crippen LogP contribution in [-0.2, 0) is 30.3 Å². The van der Waals surface area contributed by atoms with Crippen LogP contribution in [0.3, 0.4) is 0 Å². The van der Waals surface area contributed by atoms with Crippen molar-refractivity contribution < 1.29 is 38.1 Å². The fraction of sp³-hybridized carbons (Fsp3) is 0.750. The van der Waals surface area contributed by atoms with E-state index in [4.69, 9.17) is 18.9 Å². The highest BCUT2D eigenvalue weighted by atomic mass is 32.2. The van der Waals surface area contributed by atoms with E-state index in [0.717, 1.165) is 44.1 Å². The molecule has 0 aliphatic carbocycles. The van der Waals surface area contributed by atoms with Crippen LogP contribution in [0.25, 0.3) is 0 Å². The molecule has 0 aliphatic heterocycles. The summed E-state index contributed by atoms with van der Waals surface area (Å²) in [6.45, 7) is 10.5. The Morgan fingerprint density at radius 1 is 0.654 bits per heavy atom. The molecule has 2 atom stereocenters. The molecule has 0 fully saturated rings. The fourth-order valence-electron chi connectivity index (χ4n) is 5.19. The molecule has 0 saturated carbocycles. The van der Waals surface area contributed by atoms with Gasteiger partial charge in [0.25, 0.3) is 0 Å². The highest BCUT2D eigenvalue weighted by molar-refractivity contribution is 7.99. The minimum absolute atomic E-state index is 0.0449. The predicted molar refractivity (Wildman–Crippen MR) is 210 cm³/mol. The number of alkyl carbamates (subject to hydrolysis) is 3. The smallest absolute Gasteiger partial charge is 0.408 e. The molecule has 12 heteroatoms. The summed E-state index contributed by atoms with van der Waals surface area (Å²) in [5.74, 6) is -0.301. The zero-order chi connectivity index (χ0) is 38.3. The van der Waals surface area contributed by atoms with E-state index in [9.17, 15) is 19.2 Å². The quantitative estimate of drug-likeness (QED) is 0.0415. The average molecular weight is 752 g/mol. The summed E-state index contributed by atoms with van der Waals surface area (Å²) < 4.78 is 22.0. The number of ether oxygens (including phenoxy) is 4. The highest BCUT2D eigenvalue weighted by Crippen LogP contribution is 2.15. The zero-order valence-corrected chi connectivity index (χ0v) is 33.6. The number of amides is 3. The average Bonchev–Trinajstić information content (AvgIpc) is 3.10. The van der Waals surface area contributed by atoms with Crippen LogP contribution in [0.15, 0.2) is 30.3 Å². The van der Waals surface area contributed by atoms with Gasteiger partial charge in [-0.2, -0.15) is 11.8 Å². The first kappa shape index (κ1) is 46.9. The second-order valence-electron chi connectivity index (χ2n) is 14.3. The van der Waals surface area contributed by atoms with Crippen LogP contribution in [0.1, 0.15) is 143 Å². The molecule has 0 radical (unpaired) electrons. The van der Waals surface area contributed by atoms with Crippen LogP contribution >= 0.6 is 11.8 Å². The number of carbonyl (C=O) groups excluding carboxylic acids is 4. The second kappa shape index (κ2) is 30.3. The summed E-state index contributed by atoms with van der Waals surface area (Å²) in [6, 6.07) is 8.19. The normalized spacial score (nSPS) is 12.3. The molecule has 0 heterocycles. The number of nitrogens with one attached hydrogen (secondary N) is 3.